The van der Waals surface area contributed by atoms with Crippen molar-refractivity contribution in [1.82, 2.24) is 4.90 Å². The summed E-state index contributed by atoms with van der Waals surface area (Å²) in [5.74, 6) is 2.19. The lowest BCUT2D eigenvalue weighted by molar-refractivity contribution is 0.296. The quantitative estimate of drug-likeness (QED) is 0.852. The molecule has 5 nitrogen and oxygen atoms in total. The van der Waals surface area contributed by atoms with E-state index in [1.54, 1.807) is 0 Å². The van der Waals surface area contributed by atoms with Gasteiger partial charge in [0.2, 0.25) is 0 Å². The monoisotopic (exact) mass is 273 g/mol. The van der Waals surface area contributed by atoms with Crippen LogP contribution in [0.1, 0.15) is 18.0 Å². The maximum Gasteiger partial charge on any atom is 0.192 e. The van der Waals surface area contributed by atoms with Crippen LogP contribution < -0.4 is 15.2 Å². The standard InChI is InChI=1S/C15H19N3O2/c1-2-6-18-12(10-17-15(18)16)11-4-5-13-14(9-11)20-8-3-7-19-13/h2,4-5,9,12H,1,3,6-8,10H2,(H2,16,17). The van der Waals surface area contributed by atoms with Gasteiger partial charge in [0.1, 0.15) is 0 Å². The van der Waals surface area contributed by atoms with Gasteiger partial charge in [0.05, 0.1) is 25.8 Å². The molecule has 20 heavy (non-hydrogen) atoms. The van der Waals surface area contributed by atoms with Crippen LogP contribution in [0.4, 0.5) is 0 Å². The SMILES string of the molecule is C=CCN1C(N)=NCC1c1ccc2c(c1)OCCCO2. The largest absolute Gasteiger partial charge is 0.490 e. The van der Waals surface area contributed by atoms with Gasteiger partial charge in [-0.25, -0.2) is 0 Å². The Morgan fingerprint density at radius 2 is 2.15 bits per heavy atom. The molecular weight excluding hydrogens is 254 g/mol. The average molecular weight is 273 g/mol. The third-order valence-corrected chi connectivity index (χ3v) is 3.58. The number of guanidine groups is 1. The van der Waals surface area contributed by atoms with Crippen LogP contribution in [-0.2, 0) is 0 Å². The van der Waals surface area contributed by atoms with Crippen LogP contribution in [0, 0.1) is 0 Å². The number of nitrogens with zero attached hydrogens (tertiary/aromatic N) is 2. The van der Waals surface area contributed by atoms with E-state index in [4.69, 9.17) is 15.2 Å². The highest BCUT2D eigenvalue weighted by Gasteiger charge is 2.27. The summed E-state index contributed by atoms with van der Waals surface area (Å²) in [6.07, 6.45) is 2.75. The van der Waals surface area contributed by atoms with Crippen molar-refractivity contribution in [1.29, 1.82) is 0 Å². The molecular formula is C15H19N3O2. The lowest BCUT2D eigenvalue weighted by Crippen LogP contribution is -2.36. The molecule has 1 unspecified atom stereocenters. The Kier molecular flexibility index (Phi) is 3.50. The molecule has 0 radical (unpaired) electrons. The molecule has 0 saturated heterocycles. The van der Waals surface area contributed by atoms with Crippen molar-refractivity contribution >= 4 is 5.96 Å². The summed E-state index contributed by atoms with van der Waals surface area (Å²) in [5, 5.41) is 0. The molecule has 0 amide bonds. The van der Waals surface area contributed by atoms with Crippen molar-refractivity contribution < 1.29 is 9.47 Å². The third kappa shape index (κ3) is 2.31. The lowest BCUT2D eigenvalue weighted by Gasteiger charge is -2.25. The first-order chi connectivity index (χ1) is 9.79. The molecule has 0 aliphatic carbocycles. The molecule has 106 valence electrons. The van der Waals surface area contributed by atoms with Gasteiger partial charge < -0.3 is 20.1 Å². The summed E-state index contributed by atoms with van der Waals surface area (Å²) in [6, 6.07) is 6.21. The third-order valence-electron chi connectivity index (χ3n) is 3.58. The van der Waals surface area contributed by atoms with Crippen LogP contribution in [0.25, 0.3) is 0 Å². The number of benzene rings is 1. The summed E-state index contributed by atoms with van der Waals surface area (Å²) in [4.78, 5) is 6.37. The van der Waals surface area contributed by atoms with Crippen LogP contribution in [0.15, 0.2) is 35.8 Å². The minimum atomic E-state index is 0.144. The Hall–Kier alpha value is -2.17. The Bertz CT molecular complexity index is 542. The van der Waals surface area contributed by atoms with Crippen molar-refractivity contribution in [2.45, 2.75) is 12.5 Å². The van der Waals surface area contributed by atoms with Gasteiger partial charge in [-0.3, -0.25) is 4.99 Å². The summed E-state index contributed by atoms with van der Waals surface area (Å²) < 4.78 is 11.4. The van der Waals surface area contributed by atoms with E-state index in [-0.39, 0.29) is 6.04 Å². The normalized spacial score (nSPS) is 21.3. The second-order valence-corrected chi connectivity index (χ2v) is 4.91. The minimum Gasteiger partial charge on any atom is -0.490 e. The Labute approximate surface area is 118 Å². The van der Waals surface area contributed by atoms with Crippen molar-refractivity contribution in [3.63, 3.8) is 0 Å². The molecule has 0 aromatic heterocycles. The Morgan fingerprint density at radius 3 is 2.95 bits per heavy atom. The molecule has 2 aliphatic heterocycles. The number of ether oxygens (including phenoxy) is 2. The van der Waals surface area contributed by atoms with Crippen LogP contribution in [0.5, 0.6) is 11.5 Å². The van der Waals surface area contributed by atoms with Crippen LogP contribution in [0.3, 0.4) is 0 Å². The first kappa shape index (κ1) is 12.8. The average Bonchev–Trinajstić information content (AvgIpc) is 2.69. The number of hydrogen-bond acceptors (Lipinski definition) is 5. The van der Waals surface area contributed by atoms with Crippen molar-refractivity contribution in [3.05, 3.63) is 36.4 Å². The summed E-state index contributed by atoms with van der Waals surface area (Å²) in [7, 11) is 0. The van der Waals surface area contributed by atoms with Gasteiger partial charge in [0, 0.05) is 13.0 Å². The zero-order valence-electron chi connectivity index (χ0n) is 11.4. The van der Waals surface area contributed by atoms with E-state index in [1.807, 2.05) is 23.1 Å². The van der Waals surface area contributed by atoms with Crippen LogP contribution in [0.2, 0.25) is 0 Å². The fourth-order valence-electron chi connectivity index (χ4n) is 2.56. The van der Waals surface area contributed by atoms with E-state index in [9.17, 15) is 0 Å². The van der Waals surface area contributed by atoms with Gasteiger partial charge >= 0.3 is 0 Å². The molecule has 3 rings (SSSR count). The van der Waals surface area contributed by atoms with Gasteiger partial charge in [-0.2, -0.15) is 0 Å². The zero-order chi connectivity index (χ0) is 13.9. The molecule has 5 heteroatoms. The molecule has 1 atom stereocenters. The maximum absolute atomic E-state index is 5.93. The lowest BCUT2D eigenvalue weighted by atomic mass is 10.1. The van der Waals surface area contributed by atoms with E-state index < -0.39 is 0 Å². The smallest absolute Gasteiger partial charge is 0.192 e. The maximum atomic E-state index is 5.93. The number of nitrogens with two attached hydrogens (primary N) is 1. The van der Waals surface area contributed by atoms with E-state index in [2.05, 4.69) is 17.6 Å². The fourth-order valence-corrected chi connectivity index (χ4v) is 2.56. The zero-order valence-corrected chi connectivity index (χ0v) is 11.4. The molecule has 0 spiro atoms. The van der Waals surface area contributed by atoms with E-state index in [0.29, 0.717) is 32.3 Å². The number of aliphatic imine (C=N–C) groups is 1. The fraction of sp³-hybridized carbons (Fsp3) is 0.400. The Morgan fingerprint density at radius 1 is 1.35 bits per heavy atom. The second kappa shape index (κ2) is 5.45. The first-order valence-electron chi connectivity index (χ1n) is 6.86. The minimum absolute atomic E-state index is 0.144. The Balaban J connectivity index is 1.87. The van der Waals surface area contributed by atoms with E-state index >= 15 is 0 Å². The molecule has 0 saturated carbocycles. The van der Waals surface area contributed by atoms with Gasteiger partial charge in [-0.15, -0.1) is 6.58 Å². The summed E-state index contributed by atoms with van der Waals surface area (Å²) in [6.45, 7) is 6.52. The summed E-state index contributed by atoms with van der Waals surface area (Å²) in [5.41, 5.74) is 7.07. The van der Waals surface area contributed by atoms with Gasteiger partial charge in [-0.05, 0) is 17.7 Å². The highest BCUT2D eigenvalue weighted by atomic mass is 16.5. The molecule has 2 N–H and O–H groups in total. The van der Waals surface area contributed by atoms with E-state index in [1.165, 1.54) is 0 Å². The number of hydrogen-bond donors (Lipinski definition) is 1. The van der Waals surface area contributed by atoms with Gasteiger partial charge in [0.15, 0.2) is 17.5 Å². The van der Waals surface area contributed by atoms with Gasteiger partial charge in [0.25, 0.3) is 0 Å². The van der Waals surface area contributed by atoms with Crippen LogP contribution in [-0.4, -0.2) is 37.2 Å². The van der Waals surface area contributed by atoms with Gasteiger partial charge in [-0.1, -0.05) is 12.1 Å². The molecule has 0 bridgehead atoms. The molecule has 1 aromatic rings. The molecule has 2 heterocycles. The number of fused-ring (bicyclic) bond motifs is 1. The van der Waals surface area contributed by atoms with Crippen LogP contribution >= 0.6 is 0 Å². The molecule has 0 fully saturated rings. The summed E-state index contributed by atoms with van der Waals surface area (Å²) >= 11 is 0. The van der Waals surface area contributed by atoms with Crippen molar-refractivity contribution in [3.8, 4) is 11.5 Å². The highest BCUT2D eigenvalue weighted by Crippen LogP contribution is 2.35. The predicted octanol–water partition coefficient (Wildman–Crippen LogP) is 1.71. The first-order valence-corrected chi connectivity index (χ1v) is 6.86. The van der Waals surface area contributed by atoms with Crippen molar-refractivity contribution in [2.24, 2.45) is 10.7 Å². The molecule has 2 aliphatic rings. The topological polar surface area (TPSA) is 60.1 Å². The predicted molar refractivity (Wildman–Crippen MR) is 78.2 cm³/mol. The number of rotatable bonds is 3. The molecule has 1 aromatic carbocycles. The highest BCUT2D eigenvalue weighted by molar-refractivity contribution is 5.80. The van der Waals surface area contributed by atoms with E-state index in [0.717, 1.165) is 23.5 Å². The van der Waals surface area contributed by atoms with Crippen molar-refractivity contribution in [2.75, 3.05) is 26.3 Å². The second-order valence-electron chi connectivity index (χ2n) is 4.91.